The van der Waals surface area contributed by atoms with Gasteiger partial charge in [0, 0.05) is 0 Å². The van der Waals surface area contributed by atoms with Crippen molar-refractivity contribution in [3.63, 3.8) is 0 Å². The van der Waals surface area contributed by atoms with Gasteiger partial charge >= 0.3 is 62.4 Å². The maximum atomic E-state index is 12.4. The van der Waals surface area contributed by atoms with Gasteiger partial charge in [-0.05, 0) is 0 Å². The summed E-state index contributed by atoms with van der Waals surface area (Å²) in [5.74, 6) is -1.32. The Morgan fingerprint density at radius 2 is 1.36 bits per heavy atom. The quantitative estimate of drug-likeness (QED) is 0.308. The fraction of sp³-hybridized carbons (Fsp3) is 0.600. The molecule has 22 heavy (non-hydrogen) atoms. The van der Waals surface area contributed by atoms with E-state index in [2.05, 4.69) is 6.58 Å². The minimum atomic E-state index is -6.88. The van der Waals surface area contributed by atoms with Gasteiger partial charge in [-0.15, -0.1) is 10.3 Å². The predicted molar refractivity (Wildman–Crippen MR) is 58.9 cm³/mol. The molecule has 0 heterocycles. The van der Waals surface area contributed by atoms with E-state index < -0.39 is 46.7 Å². The van der Waals surface area contributed by atoms with Crippen LogP contribution in [0.3, 0.4) is 0 Å². The van der Waals surface area contributed by atoms with E-state index in [4.69, 9.17) is 0 Å². The van der Waals surface area contributed by atoms with Crippen molar-refractivity contribution in [2.45, 2.75) is 11.0 Å². The molecule has 0 amide bonds. The fourth-order valence-corrected chi connectivity index (χ4v) is 4.81. The van der Waals surface area contributed by atoms with Crippen molar-refractivity contribution in [3.05, 3.63) is 16.8 Å². The van der Waals surface area contributed by atoms with Crippen LogP contribution in [0.5, 0.6) is 0 Å². The molecule has 0 radical (unpaired) electrons. The van der Waals surface area contributed by atoms with E-state index in [0.29, 0.717) is 6.08 Å². The van der Waals surface area contributed by atoms with Crippen LogP contribution in [0.2, 0.25) is 0 Å². The average molecular weight is 422 g/mol. The van der Waals surface area contributed by atoms with E-state index in [9.17, 15) is 47.4 Å². The Morgan fingerprint density at radius 1 is 0.955 bits per heavy atom. The van der Waals surface area contributed by atoms with Gasteiger partial charge in [-0.1, -0.05) is 6.08 Å². The molecule has 0 bridgehead atoms. The van der Waals surface area contributed by atoms with Gasteiger partial charge in [-0.2, -0.15) is 26.3 Å². The van der Waals surface area contributed by atoms with Crippen LogP contribution in [0, 0.1) is 0 Å². The van der Waals surface area contributed by atoms with Crippen molar-refractivity contribution >= 4 is 30.0 Å². The summed E-state index contributed by atoms with van der Waals surface area (Å²) in [5.41, 5.74) is -12.6. The molecule has 0 aromatic heterocycles. The maximum Gasteiger partial charge on any atom is 1.00 e. The number of halogens is 6. The summed E-state index contributed by atoms with van der Waals surface area (Å²) in [6, 6.07) is 0. The van der Waals surface area contributed by atoms with Gasteiger partial charge in [0.25, 0.3) is 10.0 Å². The fourth-order valence-electron chi connectivity index (χ4n) is 0.607. The number of alkyl halides is 6. The monoisotopic (exact) mass is 422 g/mol. The van der Waals surface area contributed by atoms with Gasteiger partial charge in [0.05, 0.1) is 15.7 Å². The standard InChI is InChI=1S/C5H5F6N2O5S3.K/c1-2-3-19(14,15)12-20(16,4(6,7)8)13-21(17,18)5(9,10)11;/h2H,1,3H2;/q-1;+1. The molecule has 0 aliphatic rings. The van der Waals surface area contributed by atoms with E-state index in [1.54, 1.807) is 3.77 Å². The third-order valence-electron chi connectivity index (χ3n) is 1.34. The van der Waals surface area contributed by atoms with Gasteiger partial charge < -0.3 is 4.13 Å². The molecule has 17 heteroatoms. The minimum Gasteiger partial charge on any atom is -0.438 e. The Bertz CT molecular complexity index is 730. The molecular formula is C5H5F6KN2O5S3. The van der Waals surface area contributed by atoms with Crippen LogP contribution in [-0.2, 0) is 30.0 Å². The van der Waals surface area contributed by atoms with Gasteiger partial charge in [0.2, 0.25) is 0 Å². The van der Waals surface area contributed by atoms with Crippen molar-refractivity contribution in [3.8, 4) is 0 Å². The van der Waals surface area contributed by atoms with Gasteiger partial charge in [0.1, 0.15) is 0 Å². The SMILES string of the molecule is C=CCS(=O)(=O)N=S(=O)([N-]S(=O)(=O)C(F)(F)F)C(F)(F)F.[K+]. The van der Waals surface area contributed by atoms with E-state index in [0.717, 1.165) is 4.13 Å². The van der Waals surface area contributed by atoms with Crippen molar-refractivity contribution < 1.29 is 98.8 Å². The first-order valence-electron chi connectivity index (χ1n) is 4.21. The molecule has 0 aliphatic carbocycles. The molecule has 1 atom stereocenters. The molecular weight excluding hydrogens is 417 g/mol. The molecule has 126 valence electrons. The predicted octanol–water partition coefficient (Wildman–Crippen LogP) is -1.37. The molecule has 0 aliphatic heterocycles. The third-order valence-corrected chi connectivity index (χ3v) is 6.49. The zero-order valence-corrected chi connectivity index (χ0v) is 16.0. The van der Waals surface area contributed by atoms with Crippen LogP contribution in [-0.4, -0.2) is 37.8 Å². The summed E-state index contributed by atoms with van der Waals surface area (Å²) in [6.07, 6.45) is 0.493. The largest absolute Gasteiger partial charge is 1.00 e. The molecule has 0 aromatic rings. The second-order valence-electron chi connectivity index (χ2n) is 3.05. The summed E-state index contributed by atoms with van der Waals surface area (Å²) in [5, 5.41) is 0. The van der Waals surface area contributed by atoms with Crippen LogP contribution in [0.25, 0.3) is 4.13 Å². The van der Waals surface area contributed by atoms with Gasteiger partial charge in [0.15, 0.2) is 10.0 Å². The van der Waals surface area contributed by atoms with Crippen molar-refractivity contribution in [2.75, 3.05) is 5.75 Å². The maximum absolute atomic E-state index is 12.4. The van der Waals surface area contributed by atoms with Crippen LogP contribution in [0.4, 0.5) is 26.3 Å². The first-order chi connectivity index (χ1) is 8.97. The summed E-state index contributed by atoms with van der Waals surface area (Å²) in [7, 11) is -18.7. The molecule has 7 nitrogen and oxygen atoms in total. The summed E-state index contributed by atoms with van der Waals surface area (Å²) >= 11 is 0. The number of hydrogen-bond donors (Lipinski definition) is 0. The summed E-state index contributed by atoms with van der Waals surface area (Å²) in [6.45, 7) is 2.81. The Hall–Kier alpha value is 0.766. The zero-order chi connectivity index (χ0) is 17.3. The second kappa shape index (κ2) is 7.77. The zero-order valence-electron chi connectivity index (χ0n) is 10.4. The Balaban J connectivity index is 0. The third kappa shape index (κ3) is 6.71. The van der Waals surface area contributed by atoms with Crippen LogP contribution in [0.15, 0.2) is 16.4 Å². The Morgan fingerprint density at radius 3 is 1.64 bits per heavy atom. The molecule has 0 saturated heterocycles. The molecule has 0 N–H and O–H groups in total. The van der Waals surface area contributed by atoms with Crippen molar-refractivity contribution in [1.29, 1.82) is 0 Å². The first-order valence-corrected chi connectivity index (χ1v) is 8.73. The average Bonchev–Trinajstić information content (AvgIpc) is 2.10. The van der Waals surface area contributed by atoms with Crippen LogP contribution < -0.4 is 51.4 Å². The molecule has 1 unspecified atom stereocenters. The van der Waals surface area contributed by atoms with Crippen LogP contribution in [0.1, 0.15) is 0 Å². The van der Waals surface area contributed by atoms with Gasteiger partial charge in [-0.25, -0.2) is 16.8 Å². The number of hydrogen-bond acceptors (Lipinski definition) is 5. The molecule has 0 fully saturated rings. The van der Waals surface area contributed by atoms with E-state index in [1.165, 1.54) is 0 Å². The number of sulfonamides is 2. The molecule has 0 rings (SSSR count). The smallest absolute Gasteiger partial charge is 0.438 e. The molecule has 0 spiro atoms. The minimum absolute atomic E-state index is 0. The Kier molecular flexibility index (Phi) is 8.83. The normalized spacial score (nSPS) is 16.3. The van der Waals surface area contributed by atoms with E-state index in [-0.39, 0.29) is 51.4 Å². The second-order valence-corrected chi connectivity index (χ2v) is 8.61. The van der Waals surface area contributed by atoms with E-state index >= 15 is 0 Å². The van der Waals surface area contributed by atoms with Gasteiger partial charge in [-0.3, -0.25) is 4.21 Å². The van der Waals surface area contributed by atoms with Crippen molar-refractivity contribution in [1.82, 2.24) is 0 Å². The van der Waals surface area contributed by atoms with Crippen molar-refractivity contribution in [2.24, 2.45) is 3.77 Å². The topological polar surface area (TPSA) is 112 Å². The number of nitrogens with zero attached hydrogens (tertiary/aromatic N) is 2. The summed E-state index contributed by atoms with van der Waals surface area (Å²) in [4.78, 5) is 0. The van der Waals surface area contributed by atoms with Crippen LogP contribution >= 0.6 is 0 Å². The summed E-state index contributed by atoms with van der Waals surface area (Å²) < 4.78 is 130. The Labute approximate surface area is 164 Å². The molecule has 0 aromatic carbocycles. The molecule has 0 saturated carbocycles. The van der Waals surface area contributed by atoms with E-state index in [1.807, 2.05) is 0 Å². The first kappa shape index (κ1) is 25.0. The number of rotatable bonds is 5.